The minimum Gasteiger partial charge on any atom is -0.492 e. The third-order valence-electron chi connectivity index (χ3n) is 3.79. The van der Waals surface area contributed by atoms with Gasteiger partial charge in [-0.05, 0) is 13.1 Å². The van der Waals surface area contributed by atoms with Crippen molar-refractivity contribution in [2.75, 3.05) is 21.3 Å². The highest BCUT2D eigenvalue weighted by molar-refractivity contribution is 6.48. The SMILES string of the molecule is COc1c(OC)c(OC)c2[nH]c(C(C)(C)C)nc2c1CO[SiH](C)C. The number of nitrogens with one attached hydrogen (secondary N) is 1. The van der Waals surface area contributed by atoms with Gasteiger partial charge in [0.25, 0.3) is 0 Å². The van der Waals surface area contributed by atoms with Gasteiger partial charge in [-0.3, -0.25) is 0 Å². The third kappa shape index (κ3) is 3.37. The van der Waals surface area contributed by atoms with Crippen LogP contribution in [0.1, 0.15) is 32.2 Å². The fourth-order valence-corrected chi connectivity index (χ4v) is 3.05. The number of hydrogen-bond donors (Lipinski definition) is 1. The van der Waals surface area contributed by atoms with E-state index in [9.17, 15) is 0 Å². The molecule has 2 rings (SSSR count). The molecule has 0 unspecified atom stereocenters. The minimum atomic E-state index is -1.19. The second-order valence-electron chi connectivity index (χ2n) is 7.00. The molecule has 0 radical (unpaired) electrons. The molecule has 0 bridgehead atoms. The summed E-state index contributed by atoms with van der Waals surface area (Å²) in [6.07, 6.45) is 0. The Labute approximate surface area is 145 Å². The molecule has 1 heterocycles. The van der Waals surface area contributed by atoms with E-state index in [1.165, 1.54) is 0 Å². The van der Waals surface area contributed by atoms with Gasteiger partial charge in [-0.15, -0.1) is 0 Å². The van der Waals surface area contributed by atoms with Crippen molar-refractivity contribution in [2.45, 2.75) is 45.9 Å². The summed E-state index contributed by atoms with van der Waals surface area (Å²) in [6, 6.07) is 0. The molecule has 0 amide bonds. The molecule has 1 N–H and O–H groups in total. The van der Waals surface area contributed by atoms with E-state index in [2.05, 4.69) is 38.8 Å². The molecular formula is C17H28N2O4Si. The molecule has 0 aliphatic rings. The van der Waals surface area contributed by atoms with Crippen LogP contribution >= 0.6 is 0 Å². The Kier molecular flexibility index (Phi) is 5.44. The number of aromatic amines is 1. The van der Waals surface area contributed by atoms with E-state index in [-0.39, 0.29) is 5.41 Å². The summed E-state index contributed by atoms with van der Waals surface area (Å²) in [6.45, 7) is 11.1. The van der Waals surface area contributed by atoms with Crippen LogP contribution in [0.25, 0.3) is 11.0 Å². The molecule has 0 aliphatic heterocycles. The average molecular weight is 353 g/mol. The highest BCUT2D eigenvalue weighted by Crippen LogP contribution is 2.46. The highest BCUT2D eigenvalue weighted by Gasteiger charge is 2.27. The molecule has 0 spiro atoms. The van der Waals surface area contributed by atoms with Gasteiger partial charge >= 0.3 is 0 Å². The lowest BCUT2D eigenvalue weighted by Gasteiger charge is -2.17. The summed E-state index contributed by atoms with van der Waals surface area (Å²) in [5.41, 5.74) is 2.39. The van der Waals surface area contributed by atoms with Gasteiger partial charge < -0.3 is 23.6 Å². The van der Waals surface area contributed by atoms with Crippen molar-refractivity contribution in [3.8, 4) is 17.2 Å². The fourth-order valence-electron chi connectivity index (χ4n) is 2.55. The summed E-state index contributed by atoms with van der Waals surface area (Å²) in [4.78, 5) is 8.21. The number of imidazole rings is 1. The number of aromatic nitrogens is 2. The van der Waals surface area contributed by atoms with Crippen molar-refractivity contribution in [3.63, 3.8) is 0 Å². The monoisotopic (exact) mass is 352 g/mol. The first kappa shape index (κ1) is 18.6. The van der Waals surface area contributed by atoms with Gasteiger partial charge in [0.1, 0.15) is 16.9 Å². The average Bonchev–Trinajstić information content (AvgIpc) is 2.95. The molecule has 134 valence electrons. The van der Waals surface area contributed by atoms with E-state index >= 15 is 0 Å². The predicted octanol–water partition coefficient (Wildman–Crippen LogP) is 3.39. The lowest BCUT2D eigenvalue weighted by Crippen LogP contribution is -2.13. The molecule has 6 nitrogen and oxygen atoms in total. The van der Waals surface area contributed by atoms with E-state index in [4.69, 9.17) is 23.6 Å². The molecule has 24 heavy (non-hydrogen) atoms. The van der Waals surface area contributed by atoms with Crippen LogP contribution in [-0.4, -0.2) is 40.3 Å². The second kappa shape index (κ2) is 7.02. The Morgan fingerprint density at radius 3 is 2.00 bits per heavy atom. The Balaban J connectivity index is 2.81. The number of ether oxygens (including phenoxy) is 3. The topological polar surface area (TPSA) is 65.6 Å². The Bertz CT molecular complexity index is 720. The van der Waals surface area contributed by atoms with Crippen LogP contribution in [-0.2, 0) is 16.4 Å². The summed E-state index contributed by atoms with van der Waals surface area (Å²) in [5.74, 6) is 2.65. The van der Waals surface area contributed by atoms with Gasteiger partial charge in [0, 0.05) is 5.41 Å². The van der Waals surface area contributed by atoms with Crippen LogP contribution in [0.5, 0.6) is 17.2 Å². The van der Waals surface area contributed by atoms with Gasteiger partial charge in [-0.1, -0.05) is 20.8 Å². The van der Waals surface area contributed by atoms with Crippen molar-refractivity contribution in [3.05, 3.63) is 11.4 Å². The number of rotatable bonds is 6. The zero-order valence-electron chi connectivity index (χ0n) is 15.9. The van der Waals surface area contributed by atoms with Crippen molar-refractivity contribution in [1.29, 1.82) is 0 Å². The smallest absolute Gasteiger partial charge is 0.206 e. The van der Waals surface area contributed by atoms with Gasteiger partial charge in [0.2, 0.25) is 5.75 Å². The van der Waals surface area contributed by atoms with Gasteiger partial charge in [-0.2, -0.15) is 0 Å². The summed E-state index contributed by atoms with van der Waals surface area (Å²) in [5, 5.41) is 0. The maximum absolute atomic E-state index is 5.96. The lowest BCUT2D eigenvalue weighted by molar-refractivity contribution is 0.293. The van der Waals surface area contributed by atoms with Crippen molar-refractivity contribution in [2.24, 2.45) is 0 Å². The molecule has 0 aliphatic carbocycles. The van der Waals surface area contributed by atoms with Crippen LogP contribution in [0, 0.1) is 0 Å². The van der Waals surface area contributed by atoms with Crippen LogP contribution < -0.4 is 14.2 Å². The number of methoxy groups -OCH3 is 3. The number of nitrogens with zero attached hydrogens (tertiary/aromatic N) is 1. The summed E-state index contributed by atoms with van der Waals surface area (Å²) in [7, 11) is 3.66. The van der Waals surface area contributed by atoms with Gasteiger partial charge in [0.05, 0.1) is 33.5 Å². The van der Waals surface area contributed by atoms with Crippen LogP contribution in [0.3, 0.4) is 0 Å². The first-order valence-electron chi connectivity index (χ1n) is 8.07. The fraction of sp³-hybridized carbons (Fsp3) is 0.588. The van der Waals surface area contributed by atoms with E-state index in [0.717, 1.165) is 22.4 Å². The number of benzene rings is 1. The molecular weight excluding hydrogens is 324 g/mol. The molecule has 0 fully saturated rings. The maximum atomic E-state index is 5.96. The van der Waals surface area contributed by atoms with Crippen molar-refractivity contribution in [1.82, 2.24) is 9.97 Å². The van der Waals surface area contributed by atoms with E-state index in [1.54, 1.807) is 21.3 Å². The molecule has 1 aromatic heterocycles. The molecule has 0 saturated carbocycles. The van der Waals surface area contributed by atoms with E-state index in [1.807, 2.05) is 0 Å². The summed E-state index contributed by atoms with van der Waals surface area (Å²) < 4.78 is 22.7. The van der Waals surface area contributed by atoms with Gasteiger partial charge in [0.15, 0.2) is 20.5 Å². The first-order chi connectivity index (χ1) is 11.2. The molecule has 0 atom stereocenters. The standard InChI is InChI=1S/C17H28N2O4Si/c1-17(2,3)16-18-11-10(9-23-24(7)8)13(20-4)15(22-6)14(21-5)12(11)19-16/h24H,9H2,1-8H3,(H,18,19). The third-order valence-corrected chi connectivity index (χ3v) is 4.62. The van der Waals surface area contributed by atoms with Crippen LogP contribution in [0.4, 0.5) is 0 Å². The number of H-pyrrole nitrogens is 1. The molecule has 7 heteroatoms. The van der Waals surface area contributed by atoms with E-state index < -0.39 is 9.04 Å². The second-order valence-corrected chi connectivity index (χ2v) is 9.43. The number of fused-ring (bicyclic) bond motifs is 1. The maximum Gasteiger partial charge on any atom is 0.206 e. The summed E-state index contributed by atoms with van der Waals surface area (Å²) >= 11 is 0. The van der Waals surface area contributed by atoms with Gasteiger partial charge in [-0.25, -0.2) is 4.98 Å². The Morgan fingerprint density at radius 1 is 0.958 bits per heavy atom. The molecule has 1 aromatic carbocycles. The quantitative estimate of drug-likeness (QED) is 0.807. The van der Waals surface area contributed by atoms with Crippen molar-refractivity contribution >= 4 is 20.1 Å². The Hall–Kier alpha value is -1.73. The predicted molar refractivity (Wildman–Crippen MR) is 98.1 cm³/mol. The Morgan fingerprint density at radius 2 is 1.54 bits per heavy atom. The zero-order valence-corrected chi connectivity index (χ0v) is 17.0. The highest BCUT2D eigenvalue weighted by atomic mass is 28.3. The molecule has 2 aromatic rings. The first-order valence-corrected chi connectivity index (χ1v) is 10.8. The minimum absolute atomic E-state index is 0.116. The van der Waals surface area contributed by atoms with Crippen LogP contribution in [0.2, 0.25) is 13.1 Å². The molecule has 0 saturated heterocycles. The van der Waals surface area contributed by atoms with E-state index in [0.29, 0.717) is 23.9 Å². The number of hydrogen-bond acceptors (Lipinski definition) is 5. The zero-order chi connectivity index (χ0) is 18.1. The normalized spacial score (nSPS) is 12.0. The van der Waals surface area contributed by atoms with Crippen molar-refractivity contribution < 1.29 is 18.6 Å². The largest absolute Gasteiger partial charge is 0.492 e. The lowest BCUT2D eigenvalue weighted by atomic mass is 9.96. The van der Waals surface area contributed by atoms with Crippen LogP contribution in [0.15, 0.2) is 0 Å².